The van der Waals surface area contributed by atoms with Crippen LogP contribution in [0.1, 0.15) is 23.5 Å². The maximum atomic E-state index is 12.1. The number of hydrogen-bond donors (Lipinski definition) is 2. The molecule has 0 aliphatic rings. The van der Waals surface area contributed by atoms with Gasteiger partial charge in [0.05, 0.1) is 4.88 Å². The average Bonchev–Trinajstić information content (AvgIpc) is 2.81. The van der Waals surface area contributed by atoms with Crippen molar-refractivity contribution in [3.8, 4) is 0 Å². The number of fused-ring (bicyclic) bond motifs is 1. The van der Waals surface area contributed by atoms with Crippen LogP contribution in [0.15, 0.2) is 24.3 Å². The smallest absolute Gasteiger partial charge is 0.261 e. The molecule has 1 aromatic carbocycles. The van der Waals surface area contributed by atoms with Gasteiger partial charge < -0.3 is 16.0 Å². The standard InChI is InChI=1S/C15H21N3OS/c1-10(2)18(3)7-6-17-15(19)14-9-11-8-12(16)4-5-13(11)20-14/h4-5,8-10H,6-7,16H2,1-3H3,(H,17,19). The van der Waals surface area contributed by atoms with Gasteiger partial charge in [0, 0.05) is 29.5 Å². The first-order valence-corrected chi connectivity index (χ1v) is 7.56. The third-order valence-electron chi connectivity index (χ3n) is 3.40. The number of nitrogens with two attached hydrogens (primary N) is 1. The molecule has 0 spiro atoms. The number of nitrogens with one attached hydrogen (secondary N) is 1. The van der Waals surface area contributed by atoms with Gasteiger partial charge in [0.2, 0.25) is 0 Å². The number of rotatable bonds is 5. The van der Waals surface area contributed by atoms with Crippen molar-refractivity contribution in [3.63, 3.8) is 0 Å². The van der Waals surface area contributed by atoms with E-state index in [1.54, 1.807) is 0 Å². The molecule has 108 valence electrons. The van der Waals surface area contributed by atoms with E-state index >= 15 is 0 Å². The SMILES string of the molecule is CC(C)N(C)CCNC(=O)c1cc2cc(N)ccc2s1. The van der Waals surface area contributed by atoms with E-state index in [0.29, 0.717) is 12.6 Å². The second kappa shape index (κ2) is 6.24. The van der Waals surface area contributed by atoms with Gasteiger partial charge in [0.15, 0.2) is 0 Å². The Balaban J connectivity index is 1.97. The molecule has 0 saturated carbocycles. The Morgan fingerprint density at radius 2 is 2.15 bits per heavy atom. The molecule has 1 amide bonds. The Morgan fingerprint density at radius 1 is 1.40 bits per heavy atom. The first-order valence-electron chi connectivity index (χ1n) is 6.75. The number of benzene rings is 1. The fourth-order valence-corrected chi connectivity index (χ4v) is 2.82. The van der Waals surface area contributed by atoms with Crippen LogP contribution < -0.4 is 11.1 Å². The highest BCUT2D eigenvalue weighted by Gasteiger charge is 2.10. The highest BCUT2D eigenvalue weighted by atomic mass is 32.1. The summed E-state index contributed by atoms with van der Waals surface area (Å²) < 4.78 is 1.09. The molecular weight excluding hydrogens is 270 g/mol. The lowest BCUT2D eigenvalue weighted by Gasteiger charge is -2.20. The molecule has 1 aromatic heterocycles. The summed E-state index contributed by atoms with van der Waals surface area (Å²) in [6.45, 7) is 5.78. The maximum Gasteiger partial charge on any atom is 0.261 e. The second-order valence-electron chi connectivity index (χ2n) is 5.24. The van der Waals surface area contributed by atoms with Crippen molar-refractivity contribution in [1.82, 2.24) is 10.2 Å². The van der Waals surface area contributed by atoms with Gasteiger partial charge in [-0.05, 0) is 50.5 Å². The topological polar surface area (TPSA) is 58.4 Å². The molecule has 2 aromatic rings. The molecule has 0 unspecified atom stereocenters. The number of nitrogen functional groups attached to an aromatic ring is 1. The molecule has 1 heterocycles. The summed E-state index contributed by atoms with van der Waals surface area (Å²) in [5.41, 5.74) is 6.47. The van der Waals surface area contributed by atoms with Crippen LogP contribution in [0.4, 0.5) is 5.69 Å². The molecule has 4 nitrogen and oxygen atoms in total. The maximum absolute atomic E-state index is 12.1. The van der Waals surface area contributed by atoms with Crippen molar-refractivity contribution < 1.29 is 4.79 Å². The predicted octanol–water partition coefficient (Wildman–Crippen LogP) is 2.55. The molecular formula is C15H21N3OS. The molecule has 0 fully saturated rings. The quantitative estimate of drug-likeness (QED) is 0.832. The molecule has 0 bridgehead atoms. The number of carbonyl (C=O) groups excluding carboxylic acids is 1. The van der Waals surface area contributed by atoms with E-state index in [-0.39, 0.29) is 5.91 Å². The molecule has 0 radical (unpaired) electrons. The number of amides is 1. The predicted molar refractivity (Wildman–Crippen MR) is 86.3 cm³/mol. The van der Waals surface area contributed by atoms with Crippen LogP contribution in [0.25, 0.3) is 10.1 Å². The lowest BCUT2D eigenvalue weighted by atomic mass is 10.2. The van der Waals surface area contributed by atoms with Crippen molar-refractivity contribution in [2.24, 2.45) is 0 Å². The van der Waals surface area contributed by atoms with Crippen LogP contribution in [0.2, 0.25) is 0 Å². The molecule has 0 aliphatic carbocycles. The van der Waals surface area contributed by atoms with Crippen molar-refractivity contribution in [2.45, 2.75) is 19.9 Å². The molecule has 5 heteroatoms. The van der Waals surface area contributed by atoms with Crippen LogP contribution in [0.5, 0.6) is 0 Å². The van der Waals surface area contributed by atoms with Crippen LogP contribution in [0.3, 0.4) is 0 Å². The Bertz CT molecular complexity index is 606. The zero-order valence-electron chi connectivity index (χ0n) is 12.1. The van der Waals surface area contributed by atoms with Crippen molar-refractivity contribution in [2.75, 3.05) is 25.9 Å². The first kappa shape index (κ1) is 14.8. The normalized spacial score (nSPS) is 11.4. The number of thiophene rings is 1. The summed E-state index contributed by atoms with van der Waals surface area (Å²) in [7, 11) is 2.05. The van der Waals surface area contributed by atoms with Gasteiger partial charge in [-0.1, -0.05) is 0 Å². The summed E-state index contributed by atoms with van der Waals surface area (Å²) in [6, 6.07) is 8.10. The minimum atomic E-state index is -0.0121. The van der Waals surface area contributed by atoms with E-state index in [4.69, 9.17) is 5.73 Å². The number of likely N-dealkylation sites (N-methyl/N-ethyl adjacent to an activating group) is 1. The highest BCUT2D eigenvalue weighted by Crippen LogP contribution is 2.27. The van der Waals surface area contributed by atoms with Crippen LogP contribution >= 0.6 is 11.3 Å². The van der Waals surface area contributed by atoms with Gasteiger partial charge in [0.1, 0.15) is 0 Å². The minimum absolute atomic E-state index is 0.0121. The van der Waals surface area contributed by atoms with E-state index in [9.17, 15) is 4.79 Å². The Morgan fingerprint density at radius 3 is 2.85 bits per heavy atom. The Hall–Kier alpha value is -1.59. The van der Waals surface area contributed by atoms with Crippen LogP contribution in [-0.2, 0) is 0 Å². The van der Waals surface area contributed by atoms with Crippen LogP contribution in [0, 0.1) is 0 Å². The van der Waals surface area contributed by atoms with Gasteiger partial charge >= 0.3 is 0 Å². The van der Waals surface area contributed by atoms with Gasteiger partial charge in [-0.2, -0.15) is 0 Å². The van der Waals surface area contributed by atoms with E-state index in [0.717, 1.165) is 27.2 Å². The molecule has 0 saturated heterocycles. The van der Waals surface area contributed by atoms with Crippen molar-refractivity contribution >= 4 is 33.0 Å². The van der Waals surface area contributed by atoms with Gasteiger partial charge in [-0.25, -0.2) is 0 Å². The largest absolute Gasteiger partial charge is 0.399 e. The average molecular weight is 291 g/mol. The third-order valence-corrected chi connectivity index (χ3v) is 4.51. The number of nitrogens with zero attached hydrogens (tertiary/aromatic N) is 1. The molecule has 20 heavy (non-hydrogen) atoms. The molecule has 0 aliphatic heterocycles. The number of hydrogen-bond acceptors (Lipinski definition) is 4. The summed E-state index contributed by atoms with van der Waals surface area (Å²) in [5, 5.41) is 3.99. The minimum Gasteiger partial charge on any atom is -0.399 e. The zero-order valence-corrected chi connectivity index (χ0v) is 13.0. The number of carbonyl (C=O) groups is 1. The van der Waals surface area contributed by atoms with E-state index in [2.05, 4.69) is 31.1 Å². The number of anilines is 1. The van der Waals surface area contributed by atoms with Crippen molar-refractivity contribution in [1.29, 1.82) is 0 Å². The van der Waals surface area contributed by atoms with E-state index in [1.807, 2.05) is 24.3 Å². The van der Waals surface area contributed by atoms with Gasteiger partial charge in [0.25, 0.3) is 5.91 Å². The Labute approximate surface area is 123 Å². The first-order chi connectivity index (χ1) is 9.47. The van der Waals surface area contributed by atoms with Gasteiger partial charge in [-0.15, -0.1) is 11.3 Å². The third kappa shape index (κ3) is 3.49. The lowest BCUT2D eigenvalue weighted by Crippen LogP contribution is -2.35. The van der Waals surface area contributed by atoms with E-state index < -0.39 is 0 Å². The fraction of sp³-hybridized carbons (Fsp3) is 0.400. The van der Waals surface area contributed by atoms with Crippen molar-refractivity contribution in [3.05, 3.63) is 29.1 Å². The molecule has 2 rings (SSSR count). The van der Waals surface area contributed by atoms with E-state index in [1.165, 1.54) is 11.3 Å². The molecule has 3 N–H and O–H groups in total. The zero-order chi connectivity index (χ0) is 14.7. The molecule has 0 atom stereocenters. The summed E-state index contributed by atoms with van der Waals surface area (Å²) in [4.78, 5) is 15.0. The Kier molecular flexibility index (Phi) is 4.62. The van der Waals surface area contributed by atoms with Crippen LogP contribution in [-0.4, -0.2) is 37.0 Å². The summed E-state index contributed by atoms with van der Waals surface area (Å²) in [5.74, 6) is -0.0121. The van der Waals surface area contributed by atoms with Gasteiger partial charge in [-0.3, -0.25) is 4.79 Å². The monoisotopic (exact) mass is 291 g/mol. The summed E-state index contributed by atoms with van der Waals surface area (Å²) in [6.07, 6.45) is 0. The highest BCUT2D eigenvalue weighted by molar-refractivity contribution is 7.20. The fourth-order valence-electron chi connectivity index (χ4n) is 1.86. The summed E-state index contributed by atoms with van der Waals surface area (Å²) >= 11 is 1.50. The second-order valence-corrected chi connectivity index (χ2v) is 6.32. The lowest BCUT2D eigenvalue weighted by molar-refractivity contribution is 0.0952.